The van der Waals surface area contributed by atoms with E-state index >= 15 is 0 Å². The van der Waals surface area contributed by atoms with Crippen molar-refractivity contribution in [1.82, 2.24) is 9.97 Å². The summed E-state index contributed by atoms with van der Waals surface area (Å²) < 4.78 is 0. The topological polar surface area (TPSA) is 54.9 Å². The maximum Gasteiger partial charge on any atom is 0.275 e. The molecule has 4 heteroatoms. The van der Waals surface area contributed by atoms with Gasteiger partial charge in [0.05, 0.1) is 6.20 Å². The number of nitrogens with zero attached hydrogens (tertiary/aromatic N) is 2. The molecule has 0 fully saturated rings. The second kappa shape index (κ2) is 6.09. The molecule has 98 valence electrons. The van der Waals surface area contributed by atoms with Crippen LogP contribution in [0.5, 0.6) is 0 Å². The van der Waals surface area contributed by atoms with Crippen molar-refractivity contribution in [3.63, 3.8) is 0 Å². The molecule has 0 aliphatic carbocycles. The highest BCUT2D eigenvalue weighted by molar-refractivity contribution is 6.02. The molecule has 0 bridgehead atoms. The molecule has 1 heterocycles. The van der Waals surface area contributed by atoms with E-state index in [9.17, 15) is 4.79 Å². The fourth-order valence-corrected chi connectivity index (χ4v) is 1.74. The van der Waals surface area contributed by atoms with Gasteiger partial charge < -0.3 is 5.32 Å². The number of carbonyl (C=O) groups excluding carboxylic acids is 1. The molecule has 1 aromatic carbocycles. The highest BCUT2D eigenvalue weighted by Gasteiger charge is 2.08. The standard InChI is InChI=1S/C15H17N3O/c1-3-11(2)12-4-6-13(7-5-12)18-15(19)14-10-16-8-9-17-14/h4-11H,3H2,1-2H3,(H,18,19). The normalized spacial score (nSPS) is 11.9. The summed E-state index contributed by atoms with van der Waals surface area (Å²) in [6.07, 6.45) is 5.59. The summed E-state index contributed by atoms with van der Waals surface area (Å²) in [7, 11) is 0. The molecule has 1 amide bonds. The van der Waals surface area contributed by atoms with Gasteiger partial charge in [0.25, 0.3) is 5.91 Å². The molecule has 0 aliphatic heterocycles. The van der Waals surface area contributed by atoms with Crippen molar-refractivity contribution in [2.75, 3.05) is 5.32 Å². The van der Waals surface area contributed by atoms with Gasteiger partial charge in [-0.05, 0) is 30.0 Å². The zero-order chi connectivity index (χ0) is 13.7. The summed E-state index contributed by atoms with van der Waals surface area (Å²) in [6.45, 7) is 4.35. The van der Waals surface area contributed by atoms with Gasteiger partial charge in [-0.1, -0.05) is 26.0 Å². The van der Waals surface area contributed by atoms with Gasteiger partial charge >= 0.3 is 0 Å². The summed E-state index contributed by atoms with van der Waals surface area (Å²) in [5.41, 5.74) is 2.36. The Kier molecular flexibility index (Phi) is 4.23. The molecule has 0 spiro atoms. The molecule has 1 aromatic heterocycles. The third-order valence-electron chi connectivity index (χ3n) is 3.15. The van der Waals surface area contributed by atoms with Crippen LogP contribution in [0.3, 0.4) is 0 Å². The smallest absolute Gasteiger partial charge is 0.275 e. The summed E-state index contributed by atoms with van der Waals surface area (Å²) in [5, 5.41) is 2.80. The Morgan fingerprint density at radius 2 is 2.00 bits per heavy atom. The van der Waals surface area contributed by atoms with E-state index in [4.69, 9.17) is 0 Å². The lowest BCUT2D eigenvalue weighted by molar-refractivity contribution is 0.102. The van der Waals surface area contributed by atoms with E-state index in [-0.39, 0.29) is 5.91 Å². The highest BCUT2D eigenvalue weighted by atomic mass is 16.1. The van der Waals surface area contributed by atoms with E-state index in [2.05, 4.69) is 29.1 Å². The number of rotatable bonds is 4. The van der Waals surface area contributed by atoms with Gasteiger partial charge in [-0.2, -0.15) is 0 Å². The fraction of sp³-hybridized carbons (Fsp3) is 0.267. The number of hydrogen-bond donors (Lipinski definition) is 1. The van der Waals surface area contributed by atoms with E-state index in [1.54, 1.807) is 0 Å². The molecular weight excluding hydrogens is 238 g/mol. The molecule has 0 saturated heterocycles. The predicted octanol–water partition coefficient (Wildman–Crippen LogP) is 3.24. The van der Waals surface area contributed by atoms with Gasteiger partial charge in [-0.15, -0.1) is 0 Å². The van der Waals surface area contributed by atoms with Gasteiger partial charge in [-0.25, -0.2) is 4.98 Å². The molecule has 4 nitrogen and oxygen atoms in total. The lowest BCUT2D eigenvalue weighted by Gasteiger charge is -2.10. The number of aromatic nitrogens is 2. The molecule has 19 heavy (non-hydrogen) atoms. The third-order valence-corrected chi connectivity index (χ3v) is 3.15. The lowest BCUT2D eigenvalue weighted by atomic mass is 9.99. The van der Waals surface area contributed by atoms with Crippen LogP contribution in [-0.2, 0) is 0 Å². The molecule has 0 radical (unpaired) electrons. The van der Waals surface area contributed by atoms with Crippen molar-refractivity contribution < 1.29 is 4.79 Å². The van der Waals surface area contributed by atoms with E-state index in [0.29, 0.717) is 11.6 Å². The second-order valence-electron chi connectivity index (χ2n) is 4.48. The summed E-state index contributed by atoms with van der Waals surface area (Å²) in [4.78, 5) is 19.7. The number of anilines is 1. The summed E-state index contributed by atoms with van der Waals surface area (Å²) in [5.74, 6) is 0.286. The quantitative estimate of drug-likeness (QED) is 0.912. The summed E-state index contributed by atoms with van der Waals surface area (Å²) >= 11 is 0. The van der Waals surface area contributed by atoms with Crippen LogP contribution in [0, 0.1) is 0 Å². The number of nitrogens with one attached hydrogen (secondary N) is 1. The maximum atomic E-state index is 11.9. The van der Waals surface area contributed by atoms with E-state index in [0.717, 1.165) is 12.1 Å². The Balaban J connectivity index is 2.06. The van der Waals surface area contributed by atoms with Crippen molar-refractivity contribution >= 4 is 11.6 Å². The molecule has 0 saturated carbocycles. The third kappa shape index (κ3) is 3.37. The average Bonchev–Trinajstić information content (AvgIpc) is 2.48. The molecule has 2 aromatic rings. The van der Waals surface area contributed by atoms with Gasteiger partial charge in [0.15, 0.2) is 0 Å². The van der Waals surface area contributed by atoms with E-state index in [1.165, 1.54) is 24.2 Å². The SMILES string of the molecule is CCC(C)c1ccc(NC(=O)c2cnccn2)cc1. The Hall–Kier alpha value is -2.23. The Bertz CT molecular complexity index is 537. The zero-order valence-corrected chi connectivity index (χ0v) is 11.1. The number of amides is 1. The molecular formula is C15H17N3O. The maximum absolute atomic E-state index is 11.9. The Labute approximate surface area is 112 Å². The molecule has 1 unspecified atom stereocenters. The zero-order valence-electron chi connectivity index (χ0n) is 11.1. The average molecular weight is 255 g/mol. The van der Waals surface area contributed by atoms with Crippen LogP contribution in [0.4, 0.5) is 5.69 Å². The van der Waals surface area contributed by atoms with Crippen LogP contribution in [-0.4, -0.2) is 15.9 Å². The van der Waals surface area contributed by atoms with Crippen molar-refractivity contribution in [2.24, 2.45) is 0 Å². The number of hydrogen-bond acceptors (Lipinski definition) is 3. The first-order chi connectivity index (χ1) is 9.20. The fourth-order valence-electron chi connectivity index (χ4n) is 1.74. The predicted molar refractivity (Wildman–Crippen MR) is 75.1 cm³/mol. The van der Waals surface area contributed by atoms with Crippen LogP contribution >= 0.6 is 0 Å². The van der Waals surface area contributed by atoms with Crippen molar-refractivity contribution in [1.29, 1.82) is 0 Å². The monoisotopic (exact) mass is 255 g/mol. The van der Waals surface area contributed by atoms with Crippen LogP contribution in [0.15, 0.2) is 42.9 Å². The van der Waals surface area contributed by atoms with Crippen LogP contribution < -0.4 is 5.32 Å². The first-order valence-corrected chi connectivity index (χ1v) is 6.38. The van der Waals surface area contributed by atoms with E-state index in [1.807, 2.05) is 24.3 Å². The van der Waals surface area contributed by atoms with Gasteiger partial charge in [-0.3, -0.25) is 9.78 Å². The number of carbonyl (C=O) groups is 1. The minimum Gasteiger partial charge on any atom is -0.321 e. The van der Waals surface area contributed by atoms with Crippen molar-refractivity contribution in [3.05, 3.63) is 54.1 Å². The van der Waals surface area contributed by atoms with Gasteiger partial charge in [0, 0.05) is 18.1 Å². The largest absolute Gasteiger partial charge is 0.321 e. The molecule has 1 atom stereocenters. The van der Waals surface area contributed by atoms with Gasteiger partial charge in [0.1, 0.15) is 5.69 Å². The first-order valence-electron chi connectivity index (χ1n) is 6.38. The van der Waals surface area contributed by atoms with Crippen LogP contribution in [0.1, 0.15) is 42.2 Å². The number of benzene rings is 1. The Morgan fingerprint density at radius 1 is 1.26 bits per heavy atom. The van der Waals surface area contributed by atoms with Crippen LogP contribution in [0.25, 0.3) is 0 Å². The minimum atomic E-state index is -0.246. The van der Waals surface area contributed by atoms with Crippen molar-refractivity contribution in [3.8, 4) is 0 Å². The first kappa shape index (κ1) is 13.2. The van der Waals surface area contributed by atoms with Gasteiger partial charge in [0.2, 0.25) is 0 Å². The van der Waals surface area contributed by atoms with E-state index < -0.39 is 0 Å². The minimum absolute atomic E-state index is 0.246. The Morgan fingerprint density at radius 3 is 2.58 bits per heavy atom. The lowest BCUT2D eigenvalue weighted by Crippen LogP contribution is -2.13. The summed E-state index contributed by atoms with van der Waals surface area (Å²) in [6, 6.07) is 7.91. The highest BCUT2D eigenvalue weighted by Crippen LogP contribution is 2.20. The molecule has 0 aliphatic rings. The second-order valence-corrected chi connectivity index (χ2v) is 4.48. The molecule has 1 N–H and O–H groups in total. The molecule has 2 rings (SSSR count). The van der Waals surface area contributed by atoms with Crippen molar-refractivity contribution in [2.45, 2.75) is 26.2 Å². The van der Waals surface area contributed by atoms with Crippen LogP contribution in [0.2, 0.25) is 0 Å².